The van der Waals surface area contributed by atoms with Crippen molar-refractivity contribution in [3.63, 3.8) is 0 Å². The lowest BCUT2D eigenvalue weighted by atomic mass is 10.1. The van der Waals surface area contributed by atoms with Gasteiger partial charge in [-0.05, 0) is 48.4 Å². The number of aromatic nitrogens is 1. The molecule has 2 aromatic rings. The van der Waals surface area contributed by atoms with Crippen LogP contribution in [-0.4, -0.2) is 18.6 Å². The molecule has 0 unspecified atom stereocenters. The Morgan fingerprint density at radius 2 is 2.24 bits per heavy atom. The van der Waals surface area contributed by atoms with Crippen molar-refractivity contribution >= 4 is 16.6 Å². The first-order valence-corrected chi connectivity index (χ1v) is 6.03. The van der Waals surface area contributed by atoms with Gasteiger partial charge in [0.1, 0.15) is 11.6 Å². The van der Waals surface area contributed by atoms with Crippen LogP contribution in [0.15, 0.2) is 30.5 Å². The maximum atomic E-state index is 5.23. The number of hydrogen-bond acceptors (Lipinski definition) is 3. The number of pyridine rings is 1. The van der Waals surface area contributed by atoms with E-state index >= 15 is 0 Å². The fourth-order valence-electron chi connectivity index (χ4n) is 1.99. The van der Waals surface area contributed by atoms with Crippen LogP contribution in [0.4, 0.5) is 5.82 Å². The van der Waals surface area contributed by atoms with Crippen molar-refractivity contribution in [2.24, 2.45) is 5.92 Å². The number of ether oxygens (including phenoxy) is 1. The first kappa shape index (κ1) is 10.4. The highest BCUT2D eigenvalue weighted by Gasteiger charge is 2.21. The summed E-state index contributed by atoms with van der Waals surface area (Å²) in [5.74, 6) is 2.72. The highest BCUT2D eigenvalue weighted by molar-refractivity contribution is 5.92. The number of nitrogens with one attached hydrogen (secondary N) is 1. The Labute approximate surface area is 101 Å². The van der Waals surface area contributed by atoms with E-state index in [1.54, 1.807) is 7.11 Å². The third-order valence-corrected chi connectivity index (χ3v) is 3.23. The van der Waals surface area contributed by atoms with Crippen LogP contribution in [0.1, 0.15) is 12.8 Å². The average Bonchev–Trinajstić information content (AvgIpc) is 3.19. The molecule has 1 heterocycles. The van der Waals surface area contributed by atoms with Gasteiger partial charge in [0.05, 0.1) is 7.11 Å². The first-order chi connectivity index (χ1) is 8.36. The number of rotatable bonds is 4. The van der Waals surface area contributed by atoms with Crippen LogP contribution in [0.3, 0.4) is 0 Å². The van der Waals surface area contributed by atoms with E-state index in [0.29, 0.717) is 0 Å². The lowest BCUT2D eigenvalue weighted by Gasteiger charge is -2.09. The van der Waals surface area contributed by atoms with Gasteiger partial charge in [-0.1, -0.05) is 0 Å². The standard InChI is InChI=1S/C14H16N2O/c1-17-12-4-5-13-11(8-12)6-7-15-14(13)16-9-10-2-3-10/h4-8,10H,2-3,9H2,1H3,(H,15,16). The minimum atomic E-state index is 0.852. The van der Waals surface area contributed by atoms with E-state index in [1.807, 2.05) is 24.4 Å². The van der Waals surface area contributed by atoms with Gasteiger partial charge in [0.15, 0.2) is 0 Å². The summed E-state index contributed by atoms with van der Waals surface area (Å²) in [7, 11) is 1.69. The van der Waals surface area contributed by atoms with Crippen LogP contribution < -0.4 is 10.1 Å². The molecule has 1 aromatic carbocycles. The highest BCUT2D eigenvalue weighted by atomic mass is 16.5. The van der Waals surface area contributed by atoms with Crippen molar-refractivity contribution in [2.75, 3.05) is 19.0 Å². The molecule has 0 saturated heterocycles. The molecule has 0 bridgehead atoms. The number of anilines is 1. The smallest absolute Gasteiger partial charge is 0.133 e. The molecule has 1 saturated carbocycles. The van der Waals surface area contributed by atoms with Crippen LogP contribution in [0, 0.1) is 5.92 Å². The summed E-state index contributed by atoms with van der Waals surface area (Å²) in [5, 5.41) is 5.76. The van der Waals surface area contributed by atoms with Gasteiger partial charge >= 0.3 is 0 Å². The molecule has 17 heavy (non-hydrogen) atoms. The second-order valence-electron chi connectivity index (χ2n) is 4.57. The molecular weight excluding hydrogens is 212 g/mol. The Morgan fingerprint density at radius 3 is 3.00 bits per heavy atom. The summed E-state index contributed by atoms with van der Waals surface area (Å²) in [5.41, 5.74) is 0. The van der Waals surface area contributed by atoms with Gasteiger partial charge in [0.25, 0.3) is 0 Å². The molecule has 0 aliphatic heterocycles. The van der Waals surface area contributed by atoms with Crippen molar-refractivity contribution < 1.29 is 4.74 Å². The van der Waals surface area contributed by atoms with E-state index in [2.05, 4.69) is 16.4 Å². The Kier molecular flexibility index (Phi) is 2.59. The van der Waals surface area contributed by atoms with Gasteiger partial charge in [-0.25, -0.2) is 4.98 Å². The zero-order chi connectivity index (χ0) is 11.7. The van der Waals surface area contributed by atoms with Crippen LogP contribution >= 0.6 is 0 Å². The molecule has 0 radical (unpaired) electrons. The predicted molar refractivity (Wildman–Crippen MR) is 69.5 cm³/mol. The lowest BCUT2D eigenvalue weighted by molar-refractivity contribution is 0.415. The van der Waals surface area contributed by atoms with Gasteiger partial charge in [-0.2, -0.15) is 0 Å². The monoisotopic (exact) mass is 228 g/mol. The van der Waals surface area contributed by atoms with Gasteiger partial charge < -0.3 is 10.1 Å². The summed E-state index contributed by atoms with van der Waals surface area (Å²) in [6.45, 7) is 1.04. The molecule has 1 N–H and O–H groups in total. The average molecular weight is 228 g/mol. The summed E-state index contributed by atoms with van der Waals surface area (Å²) >= 11 is 0. The van der Waals surface area contributed by atoms with Crippen LogP contribution in [-0.2, 0) is 0 Å². The number of methoxy groups -OCH3 is 1. The second kappa shape index (κ2) is 4.24. The Morgan fingerprint density at radius 1 is 1.35 bits per heavy atom. The van der Waals surface area contributed by atoms with E-state index in [0.717, 1.165) is 34.8 Å². The topological polar surface area (TPSA) is 34.1 Å². The van der Waals surface area contributed by atoms with Crippen molar-refractivity contribution in [1.82, 2.24) is 4.98 Å². The molecule has 3 heteroatoms. The van der Waals surface area contributed by atoms with E-state index in [9.17, 15) is 0 Å². The van der Waals surface area contributed by atoms with E-state index in [-0.39, 0.29) is 0 Å². The van der Waals surface area contributed by atoms with Crippen LogP contribution in [0.2, 0.25) is 0 Å². The molecule has 3 rings (SSSR count). The normalized spacial score (nSPS) is 14.9. The van der Waals surface area contributed by atoms with Gasteiger partial charge in [0, 0.05) is 18.1 Å². The van der Waals surface area contributed by atoms with E-state index < -0.39 is 0 Å². The molecule has 88 valence electrons. The van der Waals surface area contributed by atoms with Crippen molar-refractivity contribution in [3.8, 4) is 5.75 Å². The number of nitrogens with zero attached hydrogens (tertiary/aromatic N) is 1. The summed E-state index contributed by atoms with van der Waals surface area (Å²) in [6.07, 6.45) is 4.55. The van der Waals surface area contributed by atoms with Gasteiger partial charge in [0.2, 0.25) is 0 Å². The van der Waals surface area contributed by atoms with Gasteiger partial charge in [-0.3, -0.25) is 0 Å². The maximum absolute atomic E-state index is 5.23. The number of hydrogen-bond donors (Lipinski definition) is 1. The highest BCUT2D eigenvalue weighted by Crippen LogP contribution is 2.30. The van der Waals surface area contributed by atoms with Crippen LogP contribution in [0.25, 0.3) is 10.8 Å². The SMILES string of the molecule is COc1ccc2c(NCC3CC3)nccc2c1. The molecular formula is C14H16N2O. The van der Waals surface area contributed by atoms with Crippen molar-refractivity contribution in [3.05, 3.63) is 30.5 Å². The summed E-state index contributed by atoms with van der Waals surface area (Å²) in [6, 6.07) is 8.10. The molecule has 1 aliphatic rings. The molecule has 1 fully saturated rings. The Balaban J connectivity index is 1.93. The maximum Gasteiger partial charge on any atom is 0.133 e. The largest absolute Gasteiger partial charge is 0.497 e. The number of benzene rings is 1. The van der Waals surface area contributed by atoms with E-state index in [1.165, 1.54) is 12.8 Å². The fourth-order valence-corrected chi connectivity index (χ4v) is 1.99. The van der Waals surface area contributed by atoms with Crippen molar-refractivity contribution in [2.45, 2.75) is 12.8 Å². The minimum Gasteiger partial charge on any atom is -0.497 e. The molecule has 1 aromatic heterocycles. The van der Waals surface area contributed by atoms with Crippen LogP contribution in [0.5, 0.6) is 5.75 Å². The van der Waals surface area contributed by atoms with E-state index in [4.69, 9.17) is 4.74 Å². The second-order valence-corrected chi connectivity index (χ2v) is 4.57. The fraction of sp³-hybridized carbons (Fsp3) is 0.357. The molecule has 0 amide bonds. The summed E-state index contributed by atoms with van der Waals surface area (Å²) in [4.78, 5) is 4.41. The summed E-state index contributed by atoms with van der Waals surface area (Å²) < 4.78 is 5.23. The lowest BCUT2D eigenvalue weighted by Crippen LogP contribution is -2.05. The Bertz CT molecular complexity index is 535. The molecule has 3 nitrogen and oxygen atoms in total. The third kappa shape index (κ3) is 2.18. The third-order valence-electron chi connectivity index (χ3n) is 3.23. The quantitative estimate of drug-likeness (QED) is 0.873. The first-order valence-electron chi connectivity index (χ1n) is 6.03. The van der Waals surface area contributed by atoms with Gasteiger partial charge in [-0.15, -0.1) is 0 Å². The number of fused-ring (bicyclic) bond motifs is 1. The molecule has 0 atom stereocenters. The minimum absolute atomic E-state index is 0.852. The zero-order valence-corrected chi connectivity index (χ0v) is 9.94. The molecule has 1 aliphatic carbocycles. The predicted octanol–water partition coefficient (Wildman–Crippen LogP) is 3.07. The Hall–Kier alpha value is -1.77. The zero-order valence-electron chi connectivity index (χ0n) is 9.94. The van der Waals surface area contributed by atoms with Crippen molar-refractivity contribution in [1.29, 1.82) is 0 Å². The molecule has 0 spiro atoms.